The second kappa shape index (κ2) is 7.52. The molecule has 8 heteroatoms. The summed E-state index contributed by atoms with van der Waals surface area (Å²) in [7, 11) is 0. The van der Waals surface area contributed by atoms with Gasteiger partial charge in [0.2, 0.25) is 0 Å². The van der Waals surface area contributed by atoms with E-state index in [1.165, 1.54) is 18.2 Å². The van der Waals surface area contributed by atoms with Crippen LogP contribution in [0.25, 0.3) is 5.69 Å². The molecule has 2 amide bonds. The largest absolute Gasteiger partial charge is 0.324 e. The number of nitro benzene ring substituents is 1. The zero-order valence-corrected chi connectivity index (χ0v) is 14.4. The first-order valence-corrected chi connectivity index (χ1v) is 8.05. The average Bonchev–Trinajstić information content (AvgIpc) is 3.20. The van der Waals surface area contributed by atoms with Crippen molar-refractivity contribution >= 4 is 17.5 Å². The number of carbonyl (C=O) groups is 2. The SMILES string of the molecule is Cc1ccc(C(=O)NNC(=O)c2cccc([N+](=O)[O-])c2)cc1-n1cccc1. The van der Waals surface area contributed by atoms with Crippen LogP contribution in [-0.4, -0.2) is 21.3 Å². The Balaban J connectivity index is 1.71. The van der Waals surface area contributed by atoms with Gasteiger partial charge >= 0.3 is 0 Å². The van der Waals surface area contributed by atoms with Crippen LogP contribution < -0.4 is 10.9 Å². The maximum Gasteiger partial charge on any atom is 0.270 e. The van der Waals surface area contributed by atoms with Crippen molar-refractivity contribution in [3.8, 4) is 5.69 Å². The fraction of sp³-hybridized carbons (Fsp3) is 0.0526. The number of aryl methyl sites for hydroxylation is 1. The molecule has 0 saturated heterocycles. The van der Waals surface area contributed by atoms with E-state index in [1.54, 1.807) is 12.1 Å². The molecule has 0 bridgehead atoms. The van der Waals surface area contributed by atoms with Crippen LogP contribution in [-0.2, 0) is 0 Å². The van der Waals surface area contributed by atoms with Crippen LogP contribution in [0.15, 0.2) is 67.0 Å². The van der Waals surface area contributed by atoms with E-state index in [1.807, 2.05) is 42.1 Å². The third-order valence-electron chi connectivity index (χ3n) is 3.96. The number of hydrazine groups is 1. The van der Waals surface area contributed by atoms with Gasteiger partial charge in [-0.3, -0.25) is 30.6 Å². The highest BCUT2D eigenvalue weighted by Crippen LogP contribution is 2.16. The lowest BCUT2D eigenvalue weighted by atomic mass is 10.1. The van der Waals surface area contributed by atoms with E-state index in [-0.39, 0.29) is 11.3 Å². The molecule has 27 heavy (non-hydrogen) atoms. The number of amides is 2. The van der Waals surface area contributed by atoms with Gasteiger partial charge in [0.05, 0.1) is 4.92 Å². The van der Waals surface area contributed by atoms with Gasteiger partial charge < -0.3 is 4.57 Å². The summed E-state index contributed by atoms with van der Waals surface area (Å²) in [6, 6.07) is 14.2. The Bertz CT molecular complexity index is 1010. The van der Waals surface area contributed by atoms with Crippen molar-refractivity contribution in [1.29, 1.82) is 0 Å². The topological polar surface area (TPSA) is 106 Å². The van der Waals surface area contributed by atoms with E-state index in [0.717, 1.165) is 17.3 Å². The molecule has 8 nitrogen and oxygen atoms in total. The average molecular weight is 364 g/mol. The Morgan fingerprint density at radius 3 is 2.19 bits per heavy atom. The molecule has 1 heterocycles. The van der Waals surface area contributed by atoms with Crippen LogP contribution in [0.3, 0.4) is 0 Å². The molecule has 0 aliphatic heterocycles. The molecular weight excluding hydrogens is 348 g/mol. The Hall–Kier alpha value is -3.94. The number of nitrogens with zero attached hydrogens (tertiary/aromatic N) is 2. The zero-order chi connectivity index (χ0) is 19.4. The highest BCUT2D eigenvalue weighted by Gasteiger charge is 2.13. The number of hydrogen-bond donors (Lipinski definition) is 2. The second-order valence-electron chi connectivity index (χ2n) is 5.81. The molecule has 0 unspecified atom stereocenters. The van der Waals surface area contributed by atoms with E-state index in [2.05, 4.69) is 10.9 Å². The number of non-ortho nitro benzene ring substituents is 1. The van der Waals surface area contributed by atoms with Crippen LogP contribution in [0.4, 0.5) is 5.69 Å². The van der Waals surface area contributed by atoms with E-state index in [4.69, 9.17) is 0 Å². The highest BCUT2D eigenvalue weighted by molar-refractivity contribution is 5.99. The fourth-order valence-electron chi connectivity index (χ4n) is 2.54. The minimum atomic E-state index is -0.648. The van der Waals surface area contributed by atoms with Gasteiger partial charge in [-0.15, -0.1) is 0 Å². The molecule has 0 atom stereocenters. The Labute approximate surface area is 154 Å². The molecule has 136 valence electrons. The van der Waals surface area contributed by atoms with Gasteiger partial charge in [0.15, 0.2) is 0 Å². The number of hydrogen-bond acceptors (Lipinski definition) is 4. The third kappa shape index (κ3) is 4.01. The van der Waals surface area contributed by atoms with E-state index >= 15 is 0 Å². The normalized spacial score (nSPS) is 10.3. The molecular formula is C19H16N4O4. The molecule has 3 aromatic rings. The first kappa shape index (κ1) is 17.9. The summed E-state index contributed by atoms with van der Waals surface area (Å²) in [6.45, 7) is 1.93. The maximum absolute atomic E-state index is 12.3. The number of aromatic nitrogens is 1. The first-order chi connectivity index (χ1) is 13.0. The van der Waals surface area contributed by atoms with Gasteiger partial charge in [-0.25, -0.2) is 0 Å². The number of nitrogens with one attached hydrogen (secondary N) is 2. The van der Waals surface area contributed by atoms with E-state index in [9.17, 15) is 19.7 Å². The van der Waals surface area contributed by atoms with Gasteiger partial charge in [-0.05, 0) is 42.8 Å². The van der Waals surface area contributed by atoms with Gasteiger partial charge in [0, 0.05) is 41.3 Å². The van der Waals surface area contributed by atoms with Crippen molar-refractivity contribution in [2.24, 2.45) is 0 Å². The van der Waals surface area contributed by atoms with Crippen molar-refractivity contribution in [3.63, 3.8) is 0 Å². The lowest BCUT2D eigenvalue weighted by molar-refractivity contribution is -0.384. The standard InChI is InChI=1S/C19H16N4O4/c1-13-7-8-15(12-17(13)22-9-2-3-10-22)19(25)21-20-18(24)14-5-4-6-16(11-14)23(26)27/h2-12H,1H3,(H,20,24)(H,21,25). The number of benzene rings is 2. The summed E-state index contributed by atoms with van der Waals surface area (Å²) < 4.78 is 1.88. The second-order valence-corrected chi connectivity index (χ2v) is 5.81. The lowest BCUT2D eigenvalue weighted by Gasteiger charge is -2.11. The minimum Gasteiger partial charge on any atom is -0.324 e. The molecule has 0 radical (unpaired) electrons. The minimum absolute atomic E-state index is 0.0708. The molecule has 1 aromatic heterocycles. The van der Waals surface area contributed by atoms with Crippen LogP contribution in [0, 0.1) is 17.0 Å². The molecule has 0 saturated carbocycles. The van der Waals surface area contributed by atoms with Gasteiger partial charge in [0.1, 0.15) is 0 Å². The van der Waals surface area contributed by atoms with Crippen molar-refractivity contribution in [2.45, 2.75) is 6.92 Å². The van der Waals surface area contributed by atoms with Crippen LogP contribution in [0.5, 0.6) is 0 Å². The Morgan fingerprint density at radius 2 is 1.56 bits per heavy atom. The van der Waals surface area contributed by atoms with Gasteiger partial charge in [0.25, 0.3) is 17.5 Å². The Kier molecular flexibility index (Phi) is 4.98. The quantitative estimate of drug-likeness (QED) is 0.548. The van der Waals surface area contributed by atoms with Crippen molar-refractivity contribution in [2.75, 3.05) is 0 Å². The monoisotopic (exact) mass is 364 g/mol. The molecule has 0 fully saturated rings. The summed E-state index contributed by atoms with van der Waals surface area (Å²) >= 11 is 0. The summed E-state index contributed by atoms with van der Waals surface area (Å²) in [5, 5.41) is 10.8. The van der Waals surface area contributed by atoms with Crippen molar-refractivity contribution in [3.05, 3.63) is 93.8 Å². The summed E-state index contributed by atoms with van der Waals surface area (Å²) in [5.41, 5.74) is 6.65. The van der Waals surface area contributed by atoms with Crippen molar-refractivity contribution < 1.29 is 14.5 Å². The molecule has 3 rings (SSSR count). The number of nitro groups is 1. The first-order valence-electron chi connectivity index (χ1n) is 8.05. The van der Waals surface area contributed by atoms with Crippen LogP contribution >= 0.6 is 0 Å². The Morgan fingerprint density at radius 1 is 0.926 bits per heavy atom. The number of carbonyl (C=O) groups excluding carboxylic acids is 2. The summed E-state index contributed by atoms with van der Waals surface area (Å²) in [5.74, 6) is -1.15. The molecule has 0 spiro atoms. The maximum atomic E-state index is 12.3. The smallest absolute Gasteiger partial charge is 0.270 e. The van der Waals surface area contributed by atoms with Crippen molar-refractivity contribution in [1.82, 2.24) is 15.4 Å². The highest BCUT2D eigenvalue weighted by atomic mass is 16.6. The predicted molar refractivity (Wildman–Crippen MR) is 98.5 cm³/mol. The lowest BCUT2D eigenvalue weighted by Crippen LogP contribution is -2.41. The number of rotatable bonds is 4. The van der Waals surface area contributed by atoms with Crippen LogP contribution in [0.1, 0.15) is 26.3 Å². The fourth-order valence-corrected chi connectivity index (χ4v) is 2.54. The van der Waals surface area contributed by atoms with Gasteiger partial charge in [-0.1, -0.05) is 12.1 Å². The summed E-state index contributed by atoms with van der Waals surface area (Å²) in [4.78, 5) is 34.6. The molecule has 2 aromatic carbocycles. The zero-order valence-electron chi connectivity index (χ0n) is 14.4. The van der Waals surface area contributed by atoms with Crippen LogP contribution in [0.2, 0.25) is 0 Å². The van der Waals surface area contributed by atoms with E-state index in [0.29, 0.717) is 5.56 Å². The summed E-state index contributed by atoms with van der Waals surface area (Å²) in [6.07, 6.45) is 3.74. The predicted octanol–water partition coefficient (Wildman–Crippen LogP) is 2.77. The van der Waals surface area contributed by atoms with Gasteiger partial charge in [-0.2, -0.15) is 0 Å². The van der Waals surface area contributed by atoms with E-state index < -0.39 is 16.7 Å². The molecule has 0 aliphatic carbocycles. The molecule has 2 N–H and O–H groups in total. The molecule has 0 aliphatic rings. The third-order valence-corrected chi connectivity index (χ3v) is 3.96.